The van der Waals surface area contributed by atoms with E-state index in [2.05, 4.69) is 41.6 Å². The van der Waals surface area contributed by atoms with Crippen LogP contribution in [0.15, 0.2) is 21.1 Å². The first-order valence-electron chi connectivity index (χ1n) is 28.3. The molecular formula is C54H96Br2O26. The molecule has 0 bridgehead atoms. The van der Waals surface area contributed by atoms with E-state index in [0.29, 0.717) is 234 Å². The summed E-state index contributed by atoms with van der Waals surface area (Å²) in [5.74, 6) is -1.17. The van der Waals surface area contributed by atoms with Crippen molar-refractivity contribution in [3.8, 4) is 0 Å². The van der Waals surface area contributed by atoms with E-state index in [1.807, 2.05) is 0 Å². The molecule has 1 aromatic carbocycles. The number of halogens is 2. The van der Waals surface area contributed by atoms with E-state index in [4.69, 9.17) is 105 Å². The predicted molar refractivity (Wildman–Crippen MR) is 302 cm³/mol. The molecule has 0 aliphatic rings. The van der Waals surface area contributed by atoms with Crippen molar-refractivity contribution in [1.29, 1.82) is 0 Å². The van der Waals surface area contributed by atoms with Crippen LogP contribution in [-0.2, 0) is 105 Å². The fourth-order valence-corrected chi connectivity index (χ4v) is 7.26. The predicted octanol–water partition coefficient (Wildman–Crippen LogP) is 5.14. The van der Waals surface area contributed by atoms with Gasteiger partial charge in [-0.2, -0.15) is 0 Å². The van der Waals surface area contributed by atoms with Gasteiger partial charge in [0.25, 0.3) is 0 Å². The van der Waals surface area contributed by atoms with Crippen LogP contribution in [0.4, 0.5) is 0 Å². The van der Waals surface area contributed by atoms with Crippen LogP contribution in [-0.4, -0.2) is 287 Å². The van der Waals surface area contributed by atoms with Crippen molar-refractivity contribution >= 4 is 43.8 Å². The molecular weight excluding hydrogens is 1220 g/mol. The Kier molecular flexibility index (Phi) is 62.2. The van der Waals surface area contributed by atoms with E-state index in [1.54, 1.807) is 0 Å². The molecule has 0 spiro atoms. The van der Waals surface area contributed by atoms with E-state index in [-0.39, 0.29) is 50.8 Å². The summed E-state index contributed by atoms with van der Waals surface area (Å²) in [7, 11) is 0. The molecule has 0 amide bonds. The van der Waals surface area contributed by atoms with Gasteiger partial charge in [0.1, 0.15) is 26.4 Å². The number of ether oxygens (including phenoxy) is 20. The molecule has 2 N–H and O–H groups in total. The Hall–Kier alpha value is -1.76. The highest BCUT2D eigenvalue weighted by Gasteiger charge is 2.19. The molecule has 482 valence electrons. The van der Waals surface area contributed by atoms with Crippen LogP contribution in [0.25, 0.3) is 0 Å². The SMILES string of the molecule is O=C(OCCOCCOCCOCCOCCOCCOCCOCCCCCOCCOCCOO)c1cc(Br)c(C(=O)OCCOCCOCCOCCOCCOCCOCCOCCCCCOCCOCCOO)cc1Br. The smallest absolute Gasteiger partial charge is 0.339 e. The Balaban J connectivity index is 1.83. The van der Waals surface area contributed by atoms with Gasteiger partial charge in [0, 0.05) is 35.4 Å². The van der Waals surface area contributed by atoms with E-state index >= 15 is 0 Å². The lowest BCUT2D eigenvalue weighted by Crippen LogP contribution is -2.16. The average Bonchev–Trinajstić information content (AvgIpc) is 3.59. The summed E-state index contributed by atoms with van der Waals surface area (Å²) in [6.07, 6.45) is 5.93. The summed E-state index contributed by atoms with van der Waals surface area (Å²) in [4.78, 5) is 33.3. The van der Waals surface area contributed by atoms with Gasteiger partial charge in [0.15, 0.2) is 0 Å². The molecule has 0 unspecified atom stereocenters. The zero-order chi connectivity index (χ0) is 59.0. The summed E-state index contributed by atoms with van der Waals surface area (Å²) >= 11 is 6.71. The minimum Gasteiger partial charge on any atom is -0.460 e. The number of benzene rings is 1. The zero-order valence-electron chi connectivity index (χ0n) is 48.1. The molecule has 0 atom stereocenters. The van der Waals surface area contributed by atoms with Crippen molar-refractivity contribution in [3.63, 3.8) is 0 Å². The Bertz CT molecular complexity index is 1410. The standard InChI is InChI=1S/C54H96Br2O26/c55-51-48-50(54(58)80-44-40-76-38-36-74-34-32-72-30-28-70-26-24-68-22-20-66-16-12-62-8-4-2-6-10-64-14-18-78-42-46-82-60)52(56)47-49(51)53(57)79-43-39-75-37-35-73-33-31-71-29-27-69-25-23-67-21-19-65-15-11-61-7-3-1-5-9-63-13-17-77-41-45-81-59/h47-48,59-60H,1-46H2. The van der Waals surface area contributed by atoms with Crippen molar-refractivity contribution in [2.75, 3.05) is 264 Å². The van der Waals surface area contributed by atoms with Crippen molar-refractivity contribution in [1.82, 2.24) is 0 Å². The molecule has 26 nitrogen and oxygen atoms in total. The quantitative estimate of drug-likeness (QED) is 0.0369. The summed E-state index contributed by atoms with van der Waals surface area (Å²) in [5, 5.41) is 16.4. The van der Waals surface area contributed by atoms with Crippen LogP contribution in [0, 0.1) is 0 Å². The number of rotatable bonds is 68. The third-order valence-corrected chi connectivity index (χ3v) is 11.7. The third kappa shape index (κ3) is 54.9. The fourth-order valence-electron chi connectivity index (χ4n) is 6.25. The normalized spacial score (nSPS) is 11.6. The first kappa shape index (κ1) is 78.3. The van der Waals surface area contributed by atoms with Crippen molar-refractivity contribution in [2.24, 2.45) is 0 Å². The lowest BCUT2D eigenvalue weighted by Gasteiger charge is -2.11. The lowest BCUT2D eigenvalue weighted by atomic mass is 10.1. The largest absolute Gasteiger partial charge is 0.460 e. The monoisotopic (exact) mass is 1320 g/mol. The fraction of sp³-hybridized carbons (Fsp3) is 0.852. The minimum absolute atomic E-state index is 0.0283. The lowest BCUT2D eigenvalue weighted by molar-refractivity contribution is -0.249. The number of carbonyl (C=O) groups is 2. The Morgan fingerprint density at radius 3 is 0.585 bits per heavy atom. The zero-order valence-corrected chi connectivity index (χ0v) is 51.3. The van der Waals surface area contributed by atoms with Crippen LogP contribution >= 0.6 is 31.9 Å². The molecule has 0 saturated carbocycles. The molecule has 0 heterocycles. The molecule has 1 aromatic rings. The van der Waals surface area contributed by atoms with Crippen LogP contribution in [0.5, 0.6) is 0 Å². The third-order valence-electron chi connectivity index (χ3n) is 10.4. The summed E-state index contributed by atoms with van der Waals surface area (Å²) in [5.41, 5.74) is 0.458. The van der Waals surface area contributed by atoms with E-state index in [0.717, 1.165) is 38.5 Å². The van der Waals surface area contributed by atoms with Gasteiger partial charge in [0.2, 0.25) is 0 Å². The molecule has 0 radical (unpaired) electrons. The number of carbonyl (C=O) groups excluding carboxylic acids is 2. The Morgan fingerprint density at radius 1 is 0.244 bits per heavy atom. The first-order valence-corrected chi connectivity index (χ1v) is 29.8. The van der Waals surface area contributed by atoms with Gasteiger partial charge in [-0.3, -0.25) is 10.5 Å². The molecule has 0 aliphatic heterocycles. The van der Waals surface area contributed by atoms with Crippen LogP contribution in [0.1, 0.15) is 59.2 Å². The van der Waals surface area contributed by atoms with Gasteiger partial charge in [-0.1, -0.05) is 0 Å². The highest BCUT2D eigenvalue weighted by Crippen LogP contribution is 2.27. The Morgan fingerprint density at radius 2 is 0.402 bits per heavy atom. The maximum atomic E-state index is 12.7. The first-order chi connectivity index (χ1) is 40.5. The van der Waals surface area contributed by atoms with Gasteiger partial charge in [-0.05, 0) is 82.5 Å². The molecule has 0 aliphatic carbocycles. The van der Waals surface area contributed by atoms with E-state index < -0.39 is 11.9 Å². The summed E-state index contributed by atoms with van der Waals surface area (Å²) in [6, 6.07) is 2.98. The molecule has 28 heteroatoms. The average molecular weight is 1320 g/mol. The Labute approximate surface area is 501 Å². The van der Waals surface area contributed by atoms with Crippen LogP contribution in [0.3, 0.4) is 0 Å². The van der Waals surface area contributed by atoms with Gasteiger partial charge in [0.05, 0.1) is 223 Å². The van der Waals surface area contributed by atoms with Crippen molar-refractivity contribution in [3.05, 3.63) is 32.2 Å². The van der Waals surface area contributed by atoms with Crippen LogP contribution < -0.4 is 0 Å². The summed E-state index contributed by atoms with van der Waals surface area (Å²) in [6.45, 7) is 16.9. The second-order valence-corrected chi connectivity index (χ2v) is 18.6. The summed E-state index contributed by atoms with van der Waals surface area (Å²) < 4.78 is 110. The topological polar surface area (TPSA) is 278 Å². The maximum absolute atomic E-state index is 12.7. The minimum atomic E-state index is -0.586. The van der Waals surface area contributed by atoms with Gasteiger partial charge >= 0.3 is 11.9 Å². The van der Waals surface area contributed by atoms with E-state index in [1.165, 1.54) is 12.1 Å². The number of hydrogen-bond donors (Lipinski definition) is 2. The second kappa shape index (κ2) is 65.2. The number of esters is 2. The highest BCUT2D eigenvalue weighted by atomic mass is 79.9. The maximum Gasteiger partial charge on any atom is 0.339 e. The van der Waals surface area contributed by atoms with Gasteiger partial charge in [-0.25, -0.2) is 19.4 Å². The van der Waals surface area contributed by atoms with Crippen molar-refractivity contribution in [2.45, 2.75) is 38.5 Å². The van der Waals surface area contributed by atoms with Gasteiger partial charge in [-0.15, -0.1) is 0 Å². The highest BCUT2D eigenvalue weighted by molar-refractivity contribution is 9.11. The van der Waals surface area contributed by atoms with E-state index in [9.17, 15) is 9.59 Å². The molecule has 0 saturated heterocycles. The second-order valence-electron chi connectivity index (χ2n) is 16.9. The molecule has 82 heavy (non-hydrogen) atoms. The molecule has 1 rings (SSSR count). The molecule has 0 aromatic heterocycles. The number of hydrogen-bond acceptors (Lipinski definition) is 26. The van der Waals surface area contributed by atoms with Crippen LogP contribution in [0.2, 0.25) is 0 Å². The van der Waals surface area contributed by atoms with Crippen molar-refractivity contribution < 1.29 is 125 Å². The van der Waals surface area contributed by atoms with Gasteiger partial charge < -0.3 is 94.7 Å². The molecule has 0 fully saturated rings. The number of unbranched alkanes of at least 4 members (excludes halogenated alkanes) is 4.